The van der Waals surface area contributed by atoms with Crippen LogP contribution < -0.4 is 31.9 Å². The molecule has 0 spiro atoms. The first kappa shape index (κ1) is 135. The first-order chi connectivity index (χ1) is 71.6. The van der Waals surface area contributed by atoms with E-state index < -0.39 is 85.5 Å². The van der Waals surface area contributed by atoms with Crippen molar-refractivity contribution in [3.05, 3.63) is 71.8 Å². The fourth-order valence-electron chi connectivity index (χ4n) is 21.4. The Kier molecular flexibility index (Phi) is 69.0. The van der Waals surface area contributed by atoms with E-state index in [0.29, 0.717) is 122 Å². The molecule has 0 bridgehead atoms. The zero-order valence-electron chi connectivity index (χ0n) is 91.1. The van der Waals surface area contributed by atoms with Crippen molar-refractivity contribution in [2.75, 3.05) is 130 Å². The van der Waals surface area contributed by atoms with E-state index in [0.717, 1.165) is 126 Å². The molecule has 22 N–H and O–H groups in total. The number of Topliss-reactive ketones (excluding diaryl/α,β-unsaturated/α-hetero) is 2. The monoisotopic (exact) mass is 2190 g/mol. The van der Waals surface area contributed by atoms with Gasteiger partial charge in [-0.2, -0.15) is 47.0 Å². The Morgan fingerprint density at radius 1 is 0.315 bits per heavy atom. The molecule has 4 amide bonds. The van der Waals surface area contributed by atoms with Gasteiger partial charge in [0.15, 0.2) is 0 Å². The van der Waals surface area contributed by atoms with E-state index in [1.807, 2.05) is 116 Å². The summed E-state index contributed by atoms with van der Waals surface area (Å²) in [6.45, 7) is 21.5. The summed E-state index contributed by atoms with van der Waals surface area (Å²) in [6, 6.07) is 20.0. The third-order valence-corrected chi connectivity index (χ3v) is 36.6. The second kappa shape index (κ2) is 75.9. The van der Waals surface area contributed by atoms with E-state index in [4.69, 9.17) is 48.1 Å². The summed E-state index contributed by atoms with van der Waals surface area (Å²) in [7, 11) is 5.87. The Hall–Kier alpha value is -3.98. The second-order valence-corrected chi connectivity index (χ2v) is 46.3. The van der Waals surface area contributed by atoms with Crippen LogP contribution in [0, 0.1) is 47.3 Å². The summed E-state index contributed by atoms with van der Waals surface area (Å²) < 4.78 is 46.0. The van der Waals surface area contributed by atoms with Crippen LogP contribution in [0.4, 0.5) is 0 Å². The largest absolute Gasteiger partial charge is 0.400 e. The van der Waals surface area contributed by atoms with Crippen LogP contribution in [0.2, 0.25) is 0 Å². The van der Waals surface area contributed by atoms with Crippen molar-refractivity contribution in [3.63, 3.8) is 0 Å². The molecule has 0 saturated carbocycles. The lowest BCUT2D eigenvalue weighted by Gasteiger charge is -2.23. The van der Waals surface area contributed by atoms with Crippen LogP contribution in [-0.4, -0.2) is 415 Å². The highest BCUT2D eigenvalue weighted by Crippen LogP contribution is 2.42. The average Bonchev–Trinajstić information content (AvgIpc) is 1.65. The highest BCUT2D eigenvalue weighted by Gasteiger charge is 2.49. The molecule has 40 heteroatoms. The first-order valence-corrected chi connectivity index (χ1v) is 58.9. The molecule has 149 heavy (non-hydrogen) atoms. The van der Waals surface area contributed by atoms with Gasteiger partial charge in [-0.15, -0.1) is 0 Å². The van der Waals surface area contributed by atoms with E-state index >= 15 is 0 Å². The fourth-order valence-corrected chi connectivity index (χ4v) is 27.2. The molecule has 8 aliphatic rings. The summed E-state index contributed by atoms with van der Waals surface area (Å²) in [5.74, 6) is 3.89. The Morgan fingerprint density at radius 3 is 1.19 bits per heavy atom. The molecule has 0 radical (unpaired) electrons. The van der Waals surface area contributed by atoms with E-state index in [1.54, 1.807) is 42.2 Å². The highest BCUT2D eigenvalue weighted by atomic mass is 32.2. The normalized spacial score (nSPS) is 32.1. The number of rotatable bonds is 63. The van der Waals surface area contributed by atoms with Crippen molar-refractivity contribution < 1.29 is 148 Å². The Balaban J connectivity index is 0.000000346. The van der Waals surface area contributed by atoms with Gasteiger partial charge in [0.1, 0.15) is 48.2 Å². The molecule has 2 aromatic carbocycles. The summed E-state index contributed by atoms with van der Waals surface area (Å²) in [5.41, 5.74) is 2.26. The molecule has 36 atom stereocenters. The van der Waals surface area contributed by atoms with Crippen LogP contribution in [0.3, 0.4) is 0 Å². The predicted octanol–water partition coefficient (Wildman–Crippen LogP) is 5.18. The number of unbranched alkanes of at least 4 members (excludes halogenated alkanes) is 2. The minimum Gasteiger partial charge on any atom is -0.400 e. The lowest BCUT2D eigenvalue weighted by atomic mass is 9.85. The van der Waals surface area contributed by atoms with Gasteiger partial charge in [0.25, 0.3) is 0 Å². The van der Waals surface area contributed by atoms with Gasteiger partial charge >= 0.3 is 0 Å². The third-order valence-electron chi connectivity index (χ3n) is 30.1. The molecule has 8 saturated heterocycles. The maximum absolute atomic E-state index is 12.7. The van der Waals surface area contributed by atoms with E-state index in [2.05, 4.69) is 57.9 Å². The number of hydrogen-bond acceptors (Lipinski definition) is 36. The van der Waals surface area contributed by atoms with Crippen LogP contribution >= 0.6 is 47.0 Å². The zero-order valence-corrected chi connectivity index (χ0v) is 94.3. The van der Waals surface area contributed by atoms with Crippen LogP contribution in [-0.2, 0) is 79.5 Å². The summed E-state index contributed by atoms with van der Waals surface area (Å²) in [6.07, 6.45) is 7.23. The van der Waals surface area contributed by atoms with E-state index in [9.17, 15) is 100 Å². The average molecular weight is 2200 g/mol. The molecule has 2 aromatic rings. The Morgan fingerprint density at radius 2 is 0.698 bits per heavy atom. The lowest BCUT2D eigenvalue weighted by molar-refractivity contribution is -0.123. The molecule has 10 rings (SSSR count). The molecule has 8 aliphatic heterocycles. The number of hydrogen-bond donors (Lipinski definition) is 22. The molecule has 36 nitrogen and oxygen atoms in total. The number of carbonyl (C=O) groups is 6. The van der Waals surface area contributed by atoms with E-state index in [-0.39, 0.29) is 205 Å². The van der Waals surface area contributed by atoms with Gasteiger partial charge in [-0.05, 0) is 262 Å². The van der Waals surface area contributed by atoms with Gasteiger partial charge in [0.2, 0.25) is 23.6 Å². The molecule has 8 fully saturated rings. The van der Waals surface area contributed by atoms with Crippen molar-refractivity contribution in [3.8, 4) is 0 Å². The molecule has 862 valence electrons. The number of thioether (sulfide) groups is 4. The van der Waals surface area contributed by atoms with Gasteiger partial charge in [-0.1, -0.05) is 74.5 Å². The van der Waals surface area contributed by atoms with Crippen molar-refractivity contribution in [2.45, 2.75) is 397 Å². The lowest BCUT2D eigenvalue weighted by Crippen LogP contribution is -2.36. The number of amides is 4. The standard InChI is InChI=1S/C31H52N2O6S2.C28H46N2O6.C25H45NO8S2.C23H41NO8.2CH4O/c1-4-24-28(36)30(21(2)38-24)41-20-23(13-15-32-3)14-16-33-27(35)12-8-9-17-40-31-25(39-26(19-34)29(31)37)18-22-10-6-5-7-11-22;1-4-23-27(33)21(18(2)35-23)11-10-20(15-29-3)16-30-26(32)13-12-22-24(36-25(17-31)28(22)34)14-19-8-6-5-7-9-19;1-15(29)6-7-18(14-36-25-17(3)34-20(13-28)23(25)32)8-9-21(30)26-10-4-5-11-35-24-16(2)33-19(12-27)22(24)31;1-13(27)9-16(6-7-18-15(3)32-20(12-26)23(18)30)10-21(28)24-8-4-5-17-14(2)31-19(11-25)22(17)29;2*1-2/h5-7,10-11,21,23-26,28-32,34,36-37H,4,8-9,12-20H2,1-3H3,(H,33,35);5-9,18,20-25,27-29,31,33-34H,4,10-17H2,1-3H3,(H,30,32);16-20,22-25,27-28,31-32H,4-14H2,1-3H3,(H,26,30);14-20,22-23,25-26,29-30H,4-12H2,1-3H3,(H,24,28);2*2H,1H3/t21-,23?,24+,25-,26+,28?,29?,30+,31+;18-,20?,21+,22+,23+,24-,25+,27?,28?;16-,17-,18?,19+,20+,22?,23?,24+,25+;14-,15-,16?,17+,18+,19+,20+,22?,23?;;/m0000../s1. The molecular weight excluding hydrogens is 2000 g/mol. The molecule has 0 aliphatic carbocycles. The summed E-state index contributed by atoms with van der Waals surface area (Å²) in [5, 5.41) is 172. The van der Waals surface area contributed by atoms with Crippen molar-refractivity contribution in [2.24, 2.45) is 47.3 Å². The maximum atomic E-state index is 12.7. The van der Waals surface area contributed by atoms with Crippen LogP contribution in [0.5, 0.6) is 0 Å². The number of carbonyl (C=O) groups excluding carboxylic acids is 6. The minimum atomic E-state index is -0.789. The Bertz CT molecular complexity index is 3890. The van der Waals surface area contributed by atoms with E-state index in [1.165, 1.54) is 6.92 Å². The van der Waals surface area contributed by atoms with Crippen LogP contribution in [0.25, 0.3) is 0 Å². The van der Waals surface area contributed by atoms with Gasteiger partial charge in [0.05, 0.1) is 171 Å². The van der Waals surface area contributed by atoms with Crippen LogP contribution in [0.1, 0.15) is 228 Å². The summed E-state index contributed by atoms with van der Waals surface area (Å²) >= 11 is 6.74. The Labute approximate surface area is 903 Å². The molecular formula is C109H192N6O30S4. The van der Waals surface area contributed by atoms with Gasteiger partial charge in [0, 0.05) is 103 Å². The summed E-state index contributed by atoms with van der Waals surface area (Å²) in [4.78, 5) is 73.2. The number of ketones is 2. The van der Waals surface area contributed by atoms with Crippen molar-refractivity contribution >= 4 is 82.2 Å². The fraction of sp³-hybridized carbons (Fsp3) is 0.835. The zero-order chi connectivity index (χ0) is 110. The number of aliphatic hydroxyl groups is 16. The minimum absolute atomic E-state index is 0.00236. The first-order valence-electron chi connectivity index (χ1n) is 54.7. The van der Waals surface area contributed by atoms with Gasteiger partial charge in [-0.3, -0.25) is 19.2 Å². The molecule has 8 heterocycles. The SMILES string of the molecule is CC(=O)CC(CC[C@H]1C(O)[C@@H](CO)O[C@H]1C)CC(=O)NCCC[C@H]1C(O)[C@@H](CO)O[C@H]1C.CC(=O)CCC(CCC(=O)NCCCCS[C@H]1C(O)[C@@H](CO)O[C@H]1C)CS[C@H]1C(O)[C@@H](CO)O[C@H]1C.CC[C@H]1O[C@@H](C)[C@@H](CCC(CNC)CNC(=O)CC[C@H]2C(O)[C@@H](CO)O[C@H]2Cc2ccccc2)C1O.CC[C@H]1O[C@@H](C)[C@@H](SCC(CCNC)CCNC(=O)CCCCS[C@H]2C(O)[C@@H](CO)O[C@H]2Cc2ccccc2)C1O.CO.CO. The third kappa shape index (κ3) is 46.8. The van der Waals surface area contributed by atoms with Gasteiger partial charge < -0.3 is 161 Å². The predicted molar refractivity (Wildman–Crippen MR) is 582 cm³/mol. The van der Waals surface area contributed by atoms with Crippen LogP contribution in [0.15, 0.2) is 60.7 Å². The highest BCUT2D eigenvalue weighted by molar-refractivity contribution is 8.00. The molecule has 0 aromatic heterocycles. The van der Waals surface area contributed by atoms with Crippen molar-refractivity contribution in [1.82, 2.24) is 31.9 Å². The smallest absolute Gasteiger partial charge is 0.220 e. The number of ether oxygens (including phenoxy) is 8. The topological polar surface area (TPSA) is 572 Å². The number of aliphatic hydroxyl groups excluding tert-OH is 16. The second-order valence-electron chi connectivity index (χ2n) is 41.3. The van der Waals surface area contributed by atoms with Gasteiger partial charge in [-0.25, -0.2) is 0 Å². The van der Waals surface area contributed by atoms with Crippen molar-refractivity contribution in [1.29, 1.82) is 0 Å². The molecule has 12 unspecified atom stereocenters. The quantitative estimate of drug-likeness (QED) is 0.0379. The number of benzene rings is 2. The number of nitrogens with one attached hydrogen (secondary N) is 6. The maximum Gasteiger partial charge on any atom is 0.220 e.